The summed E-state index contributed by atoms with van der Waals surface area (Å²) in [6.07, 6.45) is 4.03. The molecule has 0 aromatic carbocycles. The van der Waals surface area contributed by atoms with Crippen molar-refractivity contribution in [2.24, 2.45) is 5.41 Å². The molecule has 76 valence electrons. The molecule has 1 aromatic rings. The summed E-state index contributed by atoms with van der Waals surface area (Å²) >= 11 is 11.6. The highest BCUT2D eigenvalue weighted by Gasteiger charge is 2.36. The number of nitrogens with zero attached hydrogens (tertiary/aromatic N) is 2. The van der Waals surface area contributed by atoms with Gasteiger partial charge < -0.3 is 5.32 Å². The average molecular weight is 232 g/mol. The Kier molecular flexibility index (Phi) is 2.54. The lowest BCUT2D eigenvalue weighted by atomic mass is 10.1. The lowest BCUT2D eigenvalue weighted by Gasteiger charge is -2.11. The molecule has 1 aromatic heterocycles. The Morgan fingerprint density at radius 2 is 2.21 bits per heavy atom. The third-order valence-electron chi connectivity index (χ3n) is 2.50. The molecule has 0 unspecified atom stereocenters. The third-order valence-corrected chi connectivity index (χ3v) is 2.96. The van der Waals surface area contributed by atoms with Crippen LogP contribution in [0.4, 0.5) is 5.82 Å². The molecule has 14 heavy (non-hydrogen) atoms. The molecule has 0 aliphatic heterocycles. The molecule has 0 bridgehead atoms. The number of hydrogen-bond acceptors (Lipinski definition) is 3. The minimum absolute atomic E-state index is 0.220. The second kappa shape index (κ2) is 3.55. The van der Waals surface area contributed by atoms with Crippen LogP contribution >= 0.6 is 23.2 Å². The summed E-state index contributed by atoms with van der Waals surface area (Å²) in [6.45, 7) is 3.12. The topological polar surface area (TPSA) is 37.8 Å². The number of halogens is 2. The Morgan fingerprint density at radius 3 is 2.86 bits per heavy atom. The normalized spacial score (nSPS) is 17.9. The van der Waals surface area contributed by atoms with Gasteiger partial charge in [-0.15, -0.1) is 0 Å². The van der Waals surface area contributed by atoms with Crippen molar-refractivity contribution < 1.29 is 0 Å². The lowest BCUT2D eigenvalue weighted by molar-refractivity contribution is 0.609. The number of aromatic nitrogens is 2. The summed E-state index contributed by atoms with van der Waals surface area (Å²) in [5, 5.41) is 3.92. The van der Waals surface area contributed by atoms with Gasteiger partial charge in [0.2, 0.25) is 5.28 Å². The Bertz CT molecular complexity index is 350. The molecule has 1 fully saturated rings. The van der Waals surface area contributed by atoms with Crippen LogP contribution in [0, 0.1) is 5.41 Å². The molecule has 1 aliphatic carbocycles. The van der Waals surface area contributed by atoms with Crippen LogP contribution in [-0.2, 0) is 0 Å². The van der Waals surface area contributed by atoms with Crippen LogP contribution in [-0.4, -0.2) is 16.5 Å². The zero-order valence-electron chi connectivity index (χ0n) is 7.85. The van der Waals surface area contributed by atoms with Crippen molar-refractivity contribution in [1.29, 1.82) is 0 Å². The van der Waals surface area contributed by atoms with Crippen molar-refractivity contribution in [3.05, 3.63) is 16.5 Å². The van der Waals surface area contributed by atoms with Crippen LogP contribution in [0.2, 0.25) is 10.3 Å². The average Bonchev–Trinajstić information content (AvgIpc) is 2.87. The summed E-state index contributed by atoms with van der Waals surface area (Å²) in [4.78, 5) is 7.80. The standard InChI is InChI=1S/C9H11Cl2N3/c1-9(2-3-9)5-13-7-6(10)4-12-8(11)14-7/h4H,2-3,5H2,1H3,(H,12,13,14). The Balaban J connectivity index is 2.04. The van der Waals surface area contributed by atoms with Crippen LogP contribution in [0.3, 0.4) is 0 Å². The van der Waals surface area contributed by atoms with E-state index in [4.69, 9.17) is 23.2 Å². The van der Waals surface area contributed by atoms with Gasteiger partial charge in [0.25, 0.3) is 0 Å². The number of hydrogen-bond donors (Lipinski definition) is 1. The fourth-order valence-corrected chi connectivity index (χ4v) is 1.45. The van der Waals surface area contributed by atoms with Gasteiger partial charge in [0.15, 0.2) is 0 Å². The molecule has 5 heteroatoms. The quantitative estimate of drug-likeness (QED) is 0.814. The van der Waals surface area contributed by atoms with E-state index in [0.29, 0.717) is 16.3 Å². The first-order valence-corrected chi connectivity index (χ1v) is 5.27. The number of anilines is 1. The van der Waals surface area contributed by atoms with Gasteiger partial charge in [-0.2, -0.15) is 4.98 Å². The molecular formula is C9H11Cl2N3. The molecule has 0 spiro atoms. The predicted molar refractivity (Wildman–Crippen MR) is 57.9 cm³/mol. The first kappa shape index (κ1) is 9.99. The van der Waals surface area contributed by atoms with E-state index in [-0.39, 0.29) is 5.28 Å². The van der Waals surface area contributed by atoms with E-state index >= 15 is 0 Å². The van der Waals surface area contributed by atoms with E-state index in [1.54, 1.807) is 0 Å². The van der Waals surface area contributed by atoms with E-state index in [0.717, 1.165) is 6.54 Å². The molecule has 1 saturated carbocycles. The molecular weight excluding hydrogens is 221 g/mol. The highest BCUT2D eigenvalue weighted by molar-refractivity contribution is 6.33. The van der Waals surface area contributed by atoms with E-state index in [2.05, 4.69) is 22.2 Å². The van der Waals surface area contributed by atoms with E-state index in [9.17, 15) is 0 Å². The van der Waals surface area contributed by atoms with E-state index in [1.807, 2.05) is 0 Å². The van der Waals surface area contributed by atoms with Crippen LogP contribution < -0.4 is 5.32 Å². The SMILES string of the molecule is CC1(CNc2nc(Cl)ncc2Cl)CC1. The zero-order chi connectivity index (χ0) is 10.2. The Hall–Kier alpha value is -0.540. The summed E-state index contributed by atoms with van der Waals surface area (Å²) in [5.74, 6) is 0.625. The van der Waals surface area contributed by atoms with Crippen LogP contribution in [0.15, 0.2) is 6.20 Å². The van der Waals surface area contributed by atoms with Crippen LogP contribution in [0.1, 0.15) is 19.8 Å². The Labute approximate surface area is 92.8 Å². The number of rotatable bonds is 3. The molecule has 3 nitrogen and oxygen atoms in total. The van der Waals surface area contributed by atoms with Gasteiger partial charge in [-0.25, -0.2) is 4.98 Å². The van der Waals surface area contributed by atoms with Crippen LogP contribution in [0.25, 0.3) is 0 Å². The van der Waals surface area contributed by atoms with Crippen molar-refractivity contribution in [2.45, 2.75) is 19.8 Å². The van der Waals surface area contributed by atoms with Gasteiger partial charge in [0.1, 0.15) is 10.8 Å². The van der Waals surface area contributed by atoms with Gasteiger partial charge in [-0.1, -0.05) is 18.5 Å². The molecule has 2 rings (SSSR count). The fraction of sp³-hybridized carbons (Fsp3) is 0.556. The minimum Gasteiger partial charge on any atom is -0.368 e. The molecule has 0 radical (unpaired) electrons. The second-order valence-electron chi connectivity index (χ2n) is 4.00. The molecule has 1 N–H and O–H groups in total. The van der Waals surface area contributed by atoms with Crippen molar-refractivity contribution in [2.75, 3.05) is 11.9 Å². The summed E-state index contributed by atoms with van der Waals surface area (Å²) in [6, 6.07) is 0. The van der Waals surface area contributed by atoms with Crippen molar-refractivity contribution in [1.82, 2.24) is 9.97 Å². The van der Waals surface area contributed by atoms with E-state index < -0.39 is 0 Å². The summed E-state index contributed by atoms with van der Waals surface area (Å²) < 4.78 is 0. The maximum absolute atomic E-state index is 5.90. The van der Waals surface area contributed by atoms with Crippen LogP contribution in [0.5, 0.6) is 0 Å². The molecule has 0 amide bonds. The smallest absolute Gasteiger partial charge is 0.224 e. The van der Waals surface area contributed by atoms with Crippen molar-refractivity contribution in [3.63, 3.8) is 0 Å². The summed E-state index contributed by atoms with van der Waals surface area (Å²) in [5.41, 5.74) is 0.417. The highest BCUT2D eigenvalue weighted by atomic mass is 35.5. The van der Waals surface area contributed by atoms with Gasteiger partial charge in [-0.3, -0.25) is 0 Å². The zero-order valence-corrected chi connectivity index (χ0v) is 9.36. The second-order valence-corrected chi connectivity index (χ2v) is 4.75. The largest absolute Gasteiger partial charge is 0.368 e. The maximum atomic E-state index is 5.90. The van der Waals surface area contributed by atoms with Gasteiger partial charge >= 0.3 is 0 Å². The van der Waals surface area contributed by atoms with Crippen molar-refractivity contribution >= 4 is 29.0 Å². The van der Waals surface area contributed by atoms with Gasteiger partial charge in [0, 0.05) is 6.54 Å². The molecule has 0 atom stereocenters. The lowest BCUT2D eigenvalue weighted by Crippen LogP contribution is -2.13. The molecule has 1 heterocycles. The monoisotopic (exact) mass is 231 g/mol. The highest BCUT2D eigenvalue weighted by Crippen LogP contribution is 2.44. The summed E-state index contributed by atoms with van der Waals surface area (Å²) in [7, 11) is 0. The van der Waals surface area contributed by atoms with Gasteiger partial charge in [-0.05, 0) is 29.9 Å². The molecule has 0 saturated heterocycles. The first-order chi connectivity index (χ1) is 6.59. The van der Waals surface area contributed by atoms with Crippen molar-refractivity contribution in [3.8, 4) is 0 Å². The van der Waals surface area contributed by atoms with E-state index in [1.165, 1.54) is 19.0 Å². The molecule has 1 aliphatic rings. The minimum atomic E-state index is 0.220. The predicted octanol–water partition coefficient (Wildman–Crippen LogP) is 3.00. The third kappa shape index (κ3) is 2.28. The van der Waals surface area contributed by atoms with Gasteiger partial charge in [0.05, 0.1) is 6.20 Å². The Morgan fingerprint density at radius 1 is 1.50 bits per heavy atom. The maximum Gasteiger partial charge on any atom is 0.224 e. The number of nitrogens with one attached hydrogen (secondary N) is 1. The fourth-order valence-electron chi connectivity index (χ4n) is 1.16. The first-order valence-electron chi connectivity index (χ1n) is 4.51.